The van der Waals surface area contributed by atoms with E-state index in [1.807, 2.05) is 43.3 Å². The fourth-order valence-electron chi connectivity index (χ4n) is 1.90. The molecule has 0 aromatic heterocycles. The van der Waals surface area contributed by atoms with E-state index in [4.69, 9.17) is 17.0 Å². The third-order valence-electron chi connectivity index (χ3n) is 3.03. The zero-order valence-electron chi connectivity index (χ0n) is 12.6. The second-order valence-corrected chi connectivity index (χ2v) is 5.10. The number of ether oxygens (including phenoxy) is 1. The molecule has 0 radical (unpaired) electrons. The van der Waals surface area contributed by atoms with Gasteiger partial charge in [0.1, 0.15) is 0 Å². The van der Waals surface area contributed by atoms with Gasteiger partial charge < -0.3 is 15.4 Å². The number of hydrogen-bond donors (Lipinski definition) is 2. The molecule has 0 spiro atoms. The third kappa shape index (κ3) is 4.30. The van der Waals surface area contributed by atoms with Gasteiger partial charge in [-0.15, -0.1) is 0 Å². The summed E-state index contributed by atoms with van der Waals surface area (Å²) in [6, 6.07) is 15.0. The van der Waals surface area contributed by atoms with Crippen molar-refractivity contribution in [1.29, 1.82) is 0 Å². The largest absolute Gasteiger partial charge is 0.462 e. The van der Waals surface area contributed by atoms with Crippen LogP contribution >= 0.6 is 12.2 Å². The first-order valence-electron chi connectivity index (χ1n) is 7.01. The summed E-state index contributed by atoms with van der Waals surface area (Å²) >= 11 is 5.30. The van der Waals surface area contributed by atoms with Gasteiger partial charge in [-0.3, -0.25) is 0 Å². The fourth-order valence-corrected chi connectivity index (χ4v) is 2.13. The summed E-state index contributed by atoms with van der Waals surface area (Å²) in [6.07, 6.45) is 0. The molecule has 0 saturated carbocycles. The highest BCUT2D eigenvalue weighted by molar-refractivity contribution is 7.80. The molecule has 0 fully saturated rings. The monoisotopic (exact) mass is 314 g/mol. The summed E-state index contributed by atoms with van der Waals surface area (Å²) in [5.41, 5.74) is 3.17. The number of hydrogen-bond acceptors (Lipinski definition) is 3. The van der Waals surface area contributed by atoms with Crippen LogP contribution in [0, 0.1) is 6.92 Å². The second kappa shape index (κ2) is 7.56. The molecule has 22 heavy (non-hydrogen) atoms. The van der Waals surface area contributed by atoms with Gasteiger partial charge in [0.2, 0.25) is 0 Å². The van der Waals surface area contributed by atoms with E-state index in [9.17, 15) is 4.79 Å². The number of anilines is 2. The Morgan fingerprint density at radius 1 is 1.14 bits per heavy atom. The maximum absolute atomic E-state index is 11.8. The molecule has 114 valence electrons. The molecule has 0 unspecified atom stereocenters. The average Bonchev–Trinajstić information content (AvgIpc) is 2.50. The number of nitrogens with one attached hydrogen (secondary N) is 2. The molecule has 0 amide bonds. The first-order valence-corrected chi connectivity index (χ1v) is 7.42. The van der Waals surface area contributed by atoms with Crippen molar-refractivity contribution in [3.8, 4) is 0 Å². The molecule has 0 aliphatic carbocycles. The minimum Gasteiger partial charge on any atom is -0.462 e. The van der Waals surface area contributed by atoms with Crippen LogP contribution in [-0.4, -0.2) is 17.7 Å². The van der Waals surface area contributed by atoms with Crippen LogP contribution in [0.25, 0.3) is 0 Å². The van der Waals surface area contributed by atoms with Crippen LogP contribution in [0.15, 0.2) is 48.5 Å². The topological polar surface area (TPSA) is 50.4 Å². The standard InChI is InChI=1S/C17H18N2O2S/c1-3-21-16(20)13-10-9-12(2)15(11-13)19-17(22)18-14-7-5-4-6-8-14/h4-11H,3H2,1-2H3,(H2,18,19,22). The highest BCUT2D eigenvalue weighted by Gasteiger charge is 2.09. The summed E-state index contributed by atoms with van der Waals surface area (Å²) in [5.74, 6) is -0.340. The van der Waals surface area contributed by atoms with Crippen molar-refractivity contribution >= 4 is 34.7 Å². The van der Waals surface area contributed by atoms with E-state index in [1.54, 1.807) is 19.1 Å². The number of para-hydroxylation sites is 1. The highest BCUT2D eigenvalue weighted by atomic mass is 32.1. The molecule has 0 aliphatic rings. The number of aryl methyl sites for hydroxylation is 1. The minimum absolute atomic E-state index is 0.340. The van der Waals surface area contributed by atoms with E-state index in [0.29, 0.717) is 17.3 Å². The third-order valence-corrected chi connectivity index (χ3v) is 3.23. The zero-order chi connectivity index (χ0) is 15.9. The fraction of sp³-hybridized carbons (Fsp3) is 0.176. The molecule has 0 bridgehead atoms. The molecule has 0 atom stereocenters. The van der Waals surface area contributed by atoms with Gasteiger partial charge >= 0.3 is 5.97 Å². The lowest BCUT2D eigenvalue weighted by molar-refractivity contribution is 0.0526. The van der Waals surface area contributed by atoms with Gasteiger partial charge in [-0.2, -0.15) is 0 Å². The SMILES string of the molecule is CCOC(=O)c1ccc(C)c(NC(=S)Nc2ccccc2)c1. The van der Waals surface area contributed by atoms with Crippen LogP contribution in [0.1, 0.15) is 22.8 Å². The predicted octanol–water partition coefficient (Wildman–Crippen LogP) is 3.98. The number of carbonyl (C=O) groups excluding carboxylic acids is 1. The smallest absolute Gasteiger partial charge is 0.338 e. The van der Waals surface area contributed by atoms with Crippen LogP contribution in [0.4, 0.5) is 11.4 Å². The van der Waals surface area contributed by atoms with Gasteiger partial charge in [0.25, 0.3) is 0 Å². The van der Waals surface area contributed by atoms with E-state index < -0.39 is 0 Å². The molecule has 5 heteroatoms. The van der Waals surface area contributed by atoms with Crippen molar-refractivity contribution in [2.75, 3.05) is 17.2 Å². The summed E-state index contributed by atoms with van der Waals surface area (Å²) in [7, 11) is 0. The molecule has 2 rings (SSSR count). The lowest BCUT2D eigenvalue weighted by Gasteiger charge is -2.13. The Bertz CT molecular complexity index is 672. The Morgan fingerprint density at radius 2 is 1.86 bits per heavy atom. The van der Waals surface area contributed by atoms with Gasteiger partial charge in [-0.25, -0.2) is 4.79 Å². The predicted molar refractivity (Wildman–Crippen MR) is 93.4 cm³/mol. The molecule has 0 heterocycles. The van der Waals surface area contributed by atoms with E-state index in [1.165, 1.54) is 0 Å². The highest BCUT2D eigenvalue weighted by Crippen LogP contribution is 2.18. The minimum atomic E-state index is -0.340. The van der Waals surface area contributed by atoms with Gasteiger partial charge in [-0.1, -0.05) is 24.3 Å². The van der Waals surface area contributed by atoms with Crippen LogP contribution in [0.5, 0.6) is 0 Å². The van der Waals surface area contributed by atoms with Crippen LogP contribution in [0.3, 0.4) is 0 Å². The quantitative estimate of drug-likeness (QED) is 0.660. The number of rotatable bonds is 4. The van der Waals surface area contributed by atoms with E-state index in [2.05, 4.69) is 10.6 Å². The zero-order valence-corrected chi connectivity index (χ0v) is 13.4. The van der Waals surface area contributed by atoms with Crippen molar-refractivity contribution in [2.45, 2.75) is 13.8 Å². The summed E-state index contributed by atoms with van der Waals surface area (Å²) in [6.45, 7) is 4.08. The van der Waals surface area contributed by atoms with Gasteiger partial charge in [0.05, 0.1) is 12.2 Å². The second-order valence-electron chi connectivity index (χ2n) is 4.70. The van der Waals surface area contributed by atoms with E-state index in [0.717, 1.165) is 16.9 Å². The lowest BCUT2D eigenvalue weighted by Crippen LogP contribution is -2.20. The molecule has 4 nitrogen and oxygen atoms in total. The maximum atomic E-state index is 11.8. The first-order chi connectivity index (χ1) is 10.6. The normalized spacial score (nSPS) is 9.91. The Morgan fingerprint density at radius 3 is 2.55 bits per heavy atom. The van der Waals surface area contributed by atoms with Crippen molar-refractivity contribution in [3.05, 3.63) is 59.7 Å². The van der Waals surface area contributed by atoms with Gasteiger partial charge in [0, 0.05) is 11.4 Å². The molecule has 2 N–H and O–H groups in total. The summed E-state index contributed by atoms with van der Waals surface area (Å²) < 4.78 is 5.01. The molecular formula is C17H18N2O2S. The first kappa shape index (κ1) is 16.0. The Kier molecular flexibility index (Phi) is 5.49. The Labute approximate surface area is 135 Å². The molecule has 0 saturated heterocycles. The molecule has 2 aromatic carbocycles. The average molecular weight is 314 g/mol. The molecular weight excluding hydrogens is 296 g/mol. The number of carbonyl (C=O) groups is 1. The van der Waals surface area contributed by atoms with Crippen molar-refractivity contribution in [1.82, 2.24) is 0 Å². The van der Waals surface area contributed by atoms with Gasteiger partial charge in [0.15, 0.2) is 5.11 Å². The van der Waals surface area contributed by atoms with E-state index in [-0.39, 0.29) is 5.97 Å². The maximum Gasteiger partial charge on any atom is 0.338 e. The molecule has 0 aliphatic heterocycles. The Balaban J connectivity index is 2.10. The number of esters is 1. The Hall–Kier alpha value is -2.40. The van der Waals surface area contributed by atoms with Gasteiger partial charge in [-0.05, 0) is 55.9 Å². The van der Waals surface area contributed by atoms with Crippen molar-refractivity contribution in [3.63, 3.8) is 0 Å². The van der Waals surface area contributed by atoms with E-state index >= 15 is 0 Å². The van der Waals surface area contributed by atoms with Crippen molar-refractivity contribution < 1.29 is 9.53 Å². The van der Waals surface area contributed by atoms with Crippen molar-refractivity contribution in [2.24, 2.45) is 0 Å². The number of benzene rings is 2. The summed E-state index contributed by atoms with van der Waals surface area (Å²) in [4.78, 5) is 11.8. The lowest BCUT2D eigenvalue weighted by atomic mass is 10.1. The van der Waals surface area contributed by atoms with Crippen LogP contribution < -0.4 is 10.6 Å². The summed E-state index contributed by atoms with van der Waals surface area (Å²) in [5, 5.41) is 6.67. The van der Waals surface area contributed by atoms with Crippen LogP contribution in [0.2, 0.25) is 0 Å². The molecule has 2 aromatic rings. The van der Waals surface area contributed by atoms with Crippen LogP contribution in [-0.2, 0) is 4.74 Å². The number of thiocarbonyl (C=S) groups is 1.